The normalized spacial score (nSPS) is 10.1. The lowest BCUT2D eigenvalue weighted by molar-refractivity contribution is -0.118. The molecular formula is C11H9Cl2N3O2. The van der Waals surface area contributed by atoms with Crippen LogP contribution in [0.2, 0.25) is 10.0 Å². The summed E-state index contributed by atoms with van der Waals surface area (Å²) in [6.45, 7) is -0.140. The second kappa shape index (κ2) is 5.75. The van der Waals surface area contributed by atoms with Gasteiger partial charge in [-0.2, -0.15) is 0 Å². The number of rotatable bonds is 4. The van der Waals surface area contributed by atoms with Crippen molar-refractivity contribution in [1.29, 1.82) is 0 Å². The van der Waals surface area contributed by atoms with E-state index >= 15 is 0 Å². The van der Waals surface area contributed by atoms with Gasteiger partial charge in [0.2, 0.25) is 5.95 Å². The summed E-state index contributed by atoms with van der Waals surface area (Å²) in [4.78, 5) is 18.1. The number of H-pyrrole nitrogens is 1. The molecule has 0 aliphatic carbocycles. The highest BCUT2D eigenvalue weighted by atomic mass is 35.5. The maximum absolute atomic E-state index is 11.5. The quantitative estimate of drug-likeness (QED) is 0.908. The van der Waals surface area contributed by atoms with E-state index in [-0.39, 0.29) is 12.5 Å². The molecule has 94 valence electrons. The van der Waals surface area contributed by atoms with Crippen molar-refractivity contribution in [2.75, 3.05) is 11.9 Å². The molecule has 0 saturated heterocycles. The van der Waals surface area contributed by atoms with E-state index in [1.165, 1.54) is 6.20 Å². The van der Waals surface area contributed by atoms with Gasteiger partial charge in [-0.25, -0.2) is 4.98 Å². The summed E-state index contributed by atoms with van der Waals surface area (Å²) in [7, 11) is 0. The summed E-state index contributed by atoms with van der Waals surface area (Å²) < 4.78 is 5.26. The van der Waals surface area contributed by atoms with E-state index in [0.29, 0.717) is 21.7 Å². The van der Waals surface area contributed by atoms with Crippen LogP contribution < -0.4 is 10.1 Å². The average molecular weight is 286 g/mol. The van der Waals surface area contributed by atoms with Gasteiger partial charge in [-0.15, -0.1) is 0 Å². The second-order valence-corrected chi connectivity index (χ2v) is 4.16. The lowest BCUT2D eigenvalue weighted by Gasteiger charge is -2.06. The van der Waals surface area contributed by atoms with Crippen molar-refractivity contribution < 1.29 is 9.53 Å². The molecule has 1 aromatic carbocycles. The summed E-state index contributed by atoms with van der Waals surface area (Å²) in [6.07, 6.45) is 3.14. The van der Waals surface area contributed by atoms with Crippen LogP contribution in [-0.4, -0.2) is 22.5 Å². The van der Waals surface area contributed by atoms with Gasteiger partial charge in [-0.3, -0.25) is 10.1 Å². The van der Waals surface area contributed by atoms with Crippen LogP contribution in [0.15, 0.2) is 30.6 Å². The third-order valence-electron chi connectivity index (χ3n) is 2.02. The van der Waals surface area contributed by atoms with Gasteiger partial charge in [0.1, 0.15) is 5.75 Å². The predicted octanol–water partition coefficient (Wildman–Crippen LogP) is 2.73. The van der Waals surface area contributed by atoms with Gasteiger partial charge >= 0.3 is 0 Å². The van der Waals surface area contributed by atoms with Crippen molar-refractivity contribution in [2.24, 2.45) is 0 Å². The minimum absolute atomic E-state index is 0.140. The number of carbonyl (C=O) groups is 1. The van der Waals surface area contributed by atoms with Crippen LogP contribution in [0.1, 0.15) is 0 Å². The number of carbonyl (C=O) groups excluding carboxylic acids is 1. The zero-order valence-electron chi connectivity index (χ0n) is 9.11. The van der Waals surface area contributed by atoms with Crippen molar-refractivity contribution in [2.45, 2.75) is 0 Å². The summed E-state index contributed by atoms with van der Waals surface area (Å²) in [6, 6.07) is 4.78. The number of imidazole rings is 1. The van der Waals surface area contributed by atoms with Crippen molar-refractivity contribution >= 4 is 35.1 Å². The van der Waals surface area contributed by atoms with Gasteiger partial charge in [0.15, 0.2) is 6.61 Å². The van der Waals surface area contributed by atoms with E-state index < -0.39 is 0 Å². The van der Waals surface area contributed by atoms with Crippen molar-refractivity contribution in [3.8, 4) is 5.75 Å². The topological polar surface area (TPSA) is 67.0 Å². The number of hydrogen-bond donors (Lipinski definition) is 2. The Morgan fingerprint density at radius 3 is 2.89 bits per heavy atom. The highest BCUT2D eigenvalue weighted by Gasteiger charge is 2.06. The molecule has 5 nitrogen and oxygen atoms in total. The molecule has 1 heterocycles. The van der Waals surface area contributed by atoms with E-state index in [4.69, 9.17) is 27.9 Å². The second-order valence-electron chi connectivity index (χ2n) is 3.35. The summed E-state index contributed by atoms with van der Waals surface area (Å²) in [5.74, 6) is 0.521. The third kappa shape index (κ3) is 3.38. The summed E-state index contributed by atoms with van der Waals surface area (Å²) in [5, 5.41) is 3.34. The molecule has 0 saturated carbocycles. The summed E-state index contributed by atoms with van der Waals surface area (Å²) >= 11 is 11.6. The van der Waals surface area contributed by atoms with Crippen LogP contribution in [0, 0.1) is 0 Å². The average Bonchev–Trinajstić information content (AvgIpc) is 2.83. The number of nitrogens with zero attached hydrogens (tertiary/aromatic N) is 1. The Bertz CT molecular complexity index is 543. The number of anilines is 1. The van der Waals surface area contributed by atoms with Crippen LogP contribution in [0.25, 0.3) is 0 Å². The molecule has 0 unspecified atom stereocenters. The fourth-order valence-corrected chi connectivity index (χ4v) is 1.51. The van der Waals surface area contributed by atoms with Gasteiger partial charge in [0, 0.05) is 18.5 Å². The van der Waals surface area contributed by atoms with Crippen LogP contribution in [0.5, 0.6) is 5.75 Å². The first kappa shape index (κ1) is 12.7. The molecule has 0 radical (unpaired) electrons. The number of halogens is 2. The molecule has 1 amide bonds. The first-order valence-corrected chi connectivity index (χ1v) is 5.78. The number of benzene rings is 1. The first-order chi connectivity index (χ1) is 8.65. The van der Waals surface area contributed by atoms with Crippen LogP contribution in [-0.2, 0) is 4.79 Å². The lowest BCUT2D eigenvalue weighted by Crippen LogP contribution is -2.20. The Morgan fingerprint density at radius 2 is 2.22 bits per heavy atom. The molecule has 2 rings (SSSR count). The highest BCUT2D eigenvalue weighted by molar-refractivity contribution is 6.42. The molecule has 0 bridgehead atoms. The van der Waals surface area contributed by atoms with Gasteiger partial charge in [0.25, 0.3) is 5.91 Å². The monoisotopic (exact) mass is 285 g/mol. The Labute approximate surface area is 113 Å². The van der Waals surface area contributed by atoms with E-state index in [0.717, 1.165) is 0 Å². The molecule has 1 aromatic heterocycles. The molecule has 2 aromatic rings. The van der Waals surface area contributed by atoms with Crippen LogP contribution >= 0.6 is 23.2 Å². The molecule has 18 heavy (non-hydrogen) atoms. The molecule has 0 fully saturated rings. The van der Waals surface area contributed by atoms with Crippen LogP contribution in [0.3, 0.4) is 0 Å². The SMILES string of the molecule is O=C(COc1ccc(Cl)c(Cl)c1)Nc1ncc[nH]1. The minimum Gasteiger partial charge on any atom is -0.484 e. The van der Waals surface area contributed by atoms with Crippen LogP contribution in [0.4, 0.5) is 5.95 Å². The maximum atomic E-state index is 11.5. The zero-order chi connectivity index (χ0) is 13.0. The largest absolute Gasteiger partial charge is 0.484 e. The molecule has 0 aliphatic heterocycles. The number of hydrogen-bond acceptors (Lipinski definition) is 3. The molecule has 0 spiro atoms. The number of amides is 1. The molecule has 2 N–H and O–H groups in total. The Morgan fingerprint density at radius 1 is 1.39 bits per heavy atom. The maximum Gasteiger partial charge on any atom is 0.264 e. The van der Waals surface area contributed by atoms with E-state index in [1.807, 2.05) is 0 Å². The Kier molecular flexibility index (Phi) is 4.07. The number of aromatic amines is 1. The molecule has 0 atom stereocenters. The van der Waals surface area contributed by atoms with Crippen molar-refractivity contribution in [1.82, 2.24) is 9.97 Å². The van der Waals surface area contributed by atoms with E-state index in [9.17, 15) is 4.79 Å². The lowest BCUT2D eigenvalue weighted by atomic mass is 10.3. The number of ether oxygens (including phenoxy) is 1. The highest BCUT2D eigenvalue weighted by Crippen LogP contribution is 2.26. The Hall–Kier alpha value is -1.72. The Balaban J connectivity index is 1.87. The number of aromatic nitrogens is 2. The van der Waals surface area contributed by atoms with Gasteiger partial charge in [-0.05, 0) is 12.1 Å². The van der Waals surface area contributed by atoms with Gasteiger partial charge in [0.05, 0.1) is 10.0 Å². The van der Waals surface area contributed by atoms with Crippen molar-refractivity contribution in [3.63, 3.8) is 0 Å². The smallest absolute Gasteiger partial charge is 0.264 e. The van der Waals surface area contributed by atoms with Gasteiger partial charge in [-0.1, -0.05) is 23.2 Å². The van der Waals surface area contributed by atoms with E-state index in [2.05, 4.69) is 15.3 Å². The van der Waals surface area contributed by atoms with E-state index in [1.54, 1.807) is 24.4 Å². The first-order valence-electron chi connectivity index (χ1n) is 5.02. The zero-order valence-corrected chi connectivity index (χ0v) is 10.6. The predicted molar refractivity (Wildman–Crippen MR) is 69.2 cm³/mol. The fraction of sp³-hybridized carbons (Fsp3) is 0.0909. The molecule has 7 heteroatoms. The fourth-order valence-electron chi connectivity index (χ4n) is 1.22. The molecular weight excluding hydrogens is 277 g/mol. The van der Waals surface area contributed by atoms with Crippen molar-refractivity contribution in [3.05, 3.63) is 40.6 Å². The number of nitrogens with one attached hydrogen (secondary N) is 2. The third-order valence-corrected chi connectivity index (χ3v) is 2.76. The van der Waals surface area contributed by atoms with Gasteiger partial charge < -0.3 is 9.72 Å². The minimum atomic E-state index is -0.323. The standard InChI is InChI=1S/C11H9Cl2N3O2/c12-8-2-1-7(5-9(8)13)18-6-10(17)16-11-14-3-4-15-11/h1-5H,6H2,(H2,14,15,16,17). The summed E-state index contributed by atoms with van der Waals surface area (Å²) in [5.41, 5.74) is 0. The molecule has 0 aliphatic rings.